The minimum absolute atomic E-state index is 0.161. The lowest BCUT2D eigenvalue weighted by molar-refractivity contribution is 0.272. The second kappa shape index (κ2) is 5.64. The minimum Gasteiger partial charge on any atom is -0.390 e. The van der Waals surface area contributed by atoms with Crippen molar-refractivity contribution in [2.75, 3.05) is 6.54 Å². The number of sulfonamides is 1. The van der Waals surface area contributed by atoms with E-state index in [-0.39, 0.29) is 11.5 Å². The molecule has 2 atom stereocenters. The van der Waals surface area contributed by atoms with E-state index in [0.717, 1.165) is 6.42 Å². The highest BCUT2D eigenvalue weighted by molar-refractivity contribution is 7.89. The van der Waals surface area contributed by atoms with E-state index in [1.54, 1.807) is 11.6 Å². The Hall–Kier alpha value is -0.850. The van der Waals surface area contributed by atoms with Crippen LogP contribution in [-0.4, -0.2) is 24.6 Å². The van der Waals surface area contributed by atoms with Crippen LogP contribution in [0.3, 0.4) is 0 Å². The molecule has 0 bridgehead atoms. The maximum atomic E-state index is 12.2. The molecule has 0 spiro atoms. The first kappa shape index (κ1) is 14.6. The molecule has 1 aliphatic carbocycles. The summed E-state index contributed by atoms with van der Waals surface area (Å²) in [5, 5.41) is 9.10. The molecule has 108 valence electrons. The molecule has 0 aliphatic heterocycles. The van der Waals surface area contributed by atoms with Crippen molar-refractivity contribution in [3.63, 3.8) is 0 Å². The Morgan fingerprint density at radius 2 is 2.21 bits per heavy atom. The summed E-state index contributed by atoms with van der Waals surface area (Å²) in [6.45, 7) is 2.52. The van der Waals surface area contributed by atoms with Gasteiger partial charge in [-0.15, -0.1) is 0 Å². The number of aliphatic hydroxyl groups excluding tert-OH is 1. The quantitative estimate of drug-likeness (QED) is 0.855. The number of hydrogen-bond acceptors (Lipinski definition) is 3. The number of nitrogens with zero attached hydrogens (tertiary/aromatic N) is 1. The van der Waals surface area contributed by atoms with Gasteiger partial charge < -0.3 is 9.67 Å². The Morgan fingerprint density at radius 1 is 1.47 bits per heavy atom. The summed E-state index contributed by atoms with van der Waals surface area (Å²) >= 11 is 0. The van der Waals surface area contributed by atoms with E-state index in [1.807, 2.05) is 0 Å². The fourth-order valence-corrected chi connectivity index (χ4v) is 3.90. The van der Waals surface area contributed by atoms with Crippen molar-refractivity contribution in [2.24, 2.45) is 18.9 Å². The van der Waals surface area contributed by atoms with Crippen molar-refractivity contribution in [3.8, 4) is 0 Å². The first-order valence-corrected chi connectivity index (χ1v) is 8.18. The van der Waals surface area contributed by atoms with E-state index >= 15 is 0 Å². The summed E-state index contributed by atoms with van der Waals surface area (Å²) in [6.07, 6.45) is 5.01. The van der Waals surface area contributed by atoms with Gasteiger partial charge in [-0.05, 0) is 24.3 Å². The lowest BCUT2D eigenvalue weighted by atomic mass is 9.99. The van der Waals surface area contributed by atoms with Crippen molar-refractivity contribution >= 4 is 10.0 Å². The summed E-state index contributed by atoms with van der Waals surface area (Å²) in [6, 6.07) is 1.51. The van der Waals surface area contributed by atoms with Gasteiger partial charge >= 0.3 is 0 Å². The lowest BCUT2D eigenvalue weighted by Crippen LogP contribution is -2.30. The zero-order chi connectivity index (χ0) is 14.0. The smallest absolute Gasteiger partial charge is 0.242 e. The molecular weight excluding hydrogens is 264 g/mol. The van der Waals surface area contributed by atoms with Gasteiger partial charge in [0.05, 0.1) is 11.5 Å². The molecule has 1 aromatic heterocycles. The van der Waals surface area contributed by atoms with E-state index in [9.17, 15) is 8.42 Å². The summed E-state index contributed by atoms with van der Waals surface area (Å²) < 4.78 is 28.7. The first-order chi connectivity index (χ1) is 8.94. The zero-order valence-electron chi connectivity index (χ0n) is 11.5. The number of hydrogen-bond donors (Lipinski definition) is 2. The molecule has 2 rings (SSSR count). The Kier molecular flexibility index (Phi) is 4.32. The van der Waals surface area contributed by atoms with Crippen LogP contribution in [0.5, 0.6) is 0 Å². The fourth-order valence-electron chi connectivity index (χ4n) is 2.71. The Morgan fingerprint density at radius 3 is 2.74 bits per heavy atom. The number of rotatable bonds is 5. The first-order valence-electron chi connectivity index (χ1n) is 6.70. The molecule has 0 saturated heterocycles. The molecule has 0 aromatic carbocycles. The molecule has 1 fully saturated rings. The summed E-state index contributed by atoms with van der Waals surface area (Å²) in [5.41, 5.74) is 0.592. The monoisotopic (exact) mass is 286 g/mol. The van der Waals surface area contributed by atoms with Gasteiger partial charge in [-0.1, -0.05) is 19.8 Å². The van der Waals surface area contributed by atoms with E-state index in [4.69, 9.17) is 5.11 Å². The lowest BCUT2D eigenvalue weighted by Gasteiger charge is -2.15. The van der Waals surface area contributed by atoms with Crippen LogP contribution < -0.4 is 4.72 Å². The standard InChI is InChI=1S/C13H22N2O3S/c1-10-4-3-5-11(10)7-14-19(17,18)13-6-12(9-16)15(2)8-13/h6,8,10-11,14,16H,3-5,7,9H2,1-2H3. The highest BCUT2D eigenvalue weighted by atomic mass is 32.2. The third-order valence-corrected chi connectivity index (χ3v) is 5.52. The van der Waals surface area contributed by atoms with Gasteiger partial charge in [-0.3, -0.25) is 0 Å². The molecule has 5 nitrogen and oxygen atoms in total. The van der Waals surface area contributed by atoms with Gasteiger partial charge in [0, 0.05) is 25.5 Å². The molecule has 1 saturated carbocycles. The van der Waals surface area contributed by atoms with Crippen molar-refractivity contribution < 1.29 is 13.5 Å². The summed E-state index contributed by atoms with van der Waals surface area (Å²) in [4.78, 5) is 0.227. The Balaban J connectivity index is 2.05. The van der Waals surface area contributed by atoms with Crippen LogP contribution in [0.15, 0.2) is 17.2 Å². The van der Waals surface area contributed by atoms with Crippen molar-refractivity contribution in [2.45, 2.75) is 37.7 Å². The molecule has 19 heavy (non-hydrogen) atoms. The van der Waals surface area contributed by atoms with E-state index in [0.29, 0.717) is 24.1 Å². The third-order valence-electron chi connectivity index (χ3n) is 4.13. The average Bonchev–Trinajstić information content (AvgIpc) is 2.93. The van der Waals surface area contributed by atoms with E-state index in [1.165, 1.54) is 25.1 Å². The molecule has 6 heteroatoms. The second-order valence-electron chi connectivity index (χ2n) is 5.46. The van der Waals surface area contributed by atoms with Crippen LogP contribution in [0.2, 0.25) is 0 Å². The van der Waals surface area contributed by atoms with Gasteiger partial charge in [0.2, 0.25) is 10.0 Å². The number of aryl methyl sites for hydroxylation is 1. The van der Waals surface area contributed by atoms with Gasteiger partial charge in [0.25, 0.3) is 0 Å². The summed E-state index contributed by atoms with van der Waals surface area (Å²) in [7, 11) is -1.74. The molecule has 0 amide bonds. The maximum absolute atomic E-state index is 12.2. The zero-order valence-corrected chi connectivity index (χ0v) is 12.3. The molecule has 1 aliphatic rings. The number of aromatic nitrogens is 1. The molecule has 2 unspecified atom stereocenters. The molecule has 1 heterocycles. The minimum atomic E-state index is -3.46. The van der Waals surface area contributed by atoms with Crippen molar-refractivity contribution in [1.82, 2.24) is 9.29 Å². The predicted octanol–water partition coefficient (Wildman–Crippen LogP) is 1.23. The van der Waals surface area contributed by atoms with Crippen LogP contribution in [0.25, 0.3) is 0 Å². The highest BCUT2D eigenvalue weighted by Crippen LogP contribution is 2.30. The Labute approximate surface area is 114 Å². The van der Waals surface area contributed by atoms with Gasteiger partial charge in [0.15, 0.2) is 0 Å². The molecule has 0 radical (unpaired) electrons. The SMILES string of the molecule is CC1CCCC1CNS(=O)(=O)c1cc(CO)n(C)c1. The third kappa shape index (κ3) is 3.19. The summed E-state index contributed by atoms with van der Waals surface area (Å²) in [5.74, 6) is 1.03. The average molecular weight is 286 g/mol. The van der Waals surface area contributed by atoms with Gasteiger partial charge in [-0.25, -0.2) is 13.1 Å². The topological polar surface area (TPSA) is 71.3 Å². The number of aliphatic hydroxyl groups is 1. The van der Waals surface area contributed by atoms with E-state index < -0.39 is 10.0 Å². The second-order valence-corrected chi connectivity index (χ2v) is 7.22. The predicted molar refractivity (Wildman–Crippen MR) is 73.0 cm³/mol. The van der Waals surface area contributed by atoms with Crippen molar-refractivity contribution in [3.05, 3.63) is 18.0 Å². The van der Waals surface area contributed by atoms with Gasteiger partial charge in [0.1, 0.15) is 0 Å². The van der Waals surface area contributed by atoms with Crippen LogP contribution in [0.1, 0.15) is 31.9 Å². The van der Waals surface area contributed by atoms with Crippen LogP contribution >= 0.6 is 0 Å². The van der Waals surface area contributed by atoms with Crippen LogP contribution in [0, 0.1) is 11.8 Å². The fraction of sp³-hybridized carbons (Fsp3) is 0.692. The van der Waals surface area contributed by atoms with Crippen LogP contribution in [-0.2, 0) is 23.7 Å². The number of nitrogens with one attached hydrogen (secondary N) is 1. The van der Waals surface area contributed by atoms with E-state index in [2.05, 4.69) is 11.6 Å². The van der Waals surface area contributed by atoms with Gasteiger partial charge in [-0.2, -0.15) is 0 Å². The molecule has 1 aromatic rings. The Bertz CT molecular complexity index is 536. The molecular formula is C13H22N2O3S. The van der Waals surface area contributed by atoms with Crippen molar-refractivity contribution in [1.29, 1.82) is 0 Å². The molecule has 2 N–H and O–H groups in total. The largest absolute Gasteiger partial charge is 0.390 e. The highest BCUT2D eigenvalue weighted by Gasteiger charge is 2.25. The van der Waals surface area contributed by atoms with Crippen LogP contribution in [0.4, 0.5) is 0 Å². The maximum Gasteiger partial charge on any atom is 0.242 e. The normalized spacial score (nSPS) is 23.9.